The van der Waals surface area contributed by atoms with Crippen LogP contribution >= 0.6 is 12.6 Å². The van der Waals surface area contributed by atoms with E-state index >= 15 is 0 Å². The molecule has 1 unspecified atom stereocenters. The normalized spacial score (nSPS) is 14.3. The smallest absolute Gasteiger partial charge is 0.153 e. The first-order valence-corrected chi connectivity index (χ1v) is 3.46. The lowest BCUT2D eigenvalue weighted by Crippen LogP contribution is -1.88. The maximum absolute atomic E-state index is 9.88. The van der Waals surface area contributed by atoms with Crippen LogP contribution in [0.3, 0.4) is 0 Å². The maximum atomic E-state index is 9.88. The predicted octanol–water partition coefficient (Wildman–Crippen LogP) is 0.184. The van der Waals surface area contributed by atoms with Crippen molar-refractivity contribution in [3.8, 4) is 0 Å². The number of hydrogen-bond donors (Lipinski definition) is 1. The van der Waals surface area contributed by atoms with E-state index in [1.54, 1.807) is 0 Å². The first-order chi connectivity index (χ1) is 2.77. The average molecular weight is 126 g/mol. The summed E-state index contributed by atoms with van der Waals surface area (Å²) in [6.07, 6.45) is 1.45. The van der Waals surface area contributed by atoms with Gasteiger partial charge in [0.25, 0.3) is 0 Å². The number of hydrogen-bond acceptors (Lipinski definition) is 3. The maximum Gasteiger partial charge on any atom is 0.153 e. The molecule has 0 amide bonds. The van der Waals surface area contributed by atoms with Gasteiger partial charge in [0.2, 0.25) is 0 Å². The second-order valence-electron chi connectivity index (χ2n) is 0.648. The first-order valence-electron chi connectivity index (χ1n) is 1.35. The van der Waals surface area contributed by atoms with E-state index in [0.717, 1.165) is 0 Å². The van der Waals surface area contributed by atoms with Crippen molar-refractivity contribution in [3.05, 3.63) is 0 Å². The molecule has 4 heteroatoms. The van der Waals surface area contributed by atoms with Gasteiger partial charge in [-0.05, 0) is 0 Å². The van der Waals surface area contributed by atoms with E-state index in [1.165, 1.54) is 6.26 Å². The molecule has 0 bridgehead atoms. The van der Waals surface area contributed by atoms with Crippen molar-refractivity contribution in [1.29, 1.82) is 0 Å². The third-order valence-corrected chi connectivity index (χ3v) is 0.972. The fraction of sp³-hybridized carbons (Fsp3) is 1.00. The Hall–Kier alpha value is 0.460. The lowest BCUT2D eigenvalue weighted by atomic mass is 11.7. The van der Waals surface area contributed by atoms with Crippen LogP contribution in [0.1, 0.15) is 0 Å². The Morgan fingerprint density at radius 3 is 2.50 bits per heavy atom. The van der Waals surface area contributed by atoms with E-state index in [0.29, 0.717) is 0 Å². The minimum Gasteiger partial charge on any atom is -0.280 e. The van der Waals surface area contributed by atoms with Crippen LogP contribution in [0.2, 0.25) is 0 Å². The van der Waals surface area contributed by atoms with E-state index in [9.17, 15) is 4.21 Å². The van der Waals surface area contributed by atoms with Gasteiger partial charge >= 0.3 is 0 Å². The van der Waals surface area contributed by atoms with Gasteiger partial charge in [0.1, 0.15) is 5.94 Å². The molecule has 0 aliphatic rings. The molecule has 0 aromatic carbocycles. The molecule has 0 fully saturated rings. The standard InChI is InChI=1S/C2H6O2S2/c1-6(3)4-2-5/h5H,2H2,1H3. The summed E-state index contributed by atoms with van der Waals surface area (Å²) >= 11 is 2.50. The molecule has 38 valence electrons. The van der Waals surface area contributed by atoms with E-state index in [1.807, 2.05) is 0 Å². The fourth-order valence-electron chi connectivity index (χ4n) is 0.0742. The van der Waals surface area contributed by atoms with Gasteiger partial charge in [0.15, 0.2) is 11.1 Å². The van der Waals surface area contributed by atoms with E-state index in [4.69, 9.17) is 0 Å². The first kappa shape index (κ1) is 6.46. The van der Waals surface area contributed by atoms with E-state index in [2.05, 4.69) is 16.8 Å². The van der Waals surface area contributed by atoms with Crippen molar-refractivity contribution in [2.45, 2.75) is 0 Å². The van der Waals surface area contributed by atoms with Crippen LogP contribution < -0.4 is 0 Å². The molecule has 0 aromatic rings. The molecule has 0 saturated heterocycles. The lowest BCUT2D eigenvalue weighted by molar-refractivity contribution is 0.430. The van der Waals surface area contributed by atoms with Gasteiger partial charge in [-0.25, -0.2) is 4.21 Å². The zero-order chi connectivity index (χ0) is 4.99. The summed E-state index contributed by atoms with van der Waals surface area (Å²) in [6, 6.07) is 0. The summed E-state index contributed by atoms with van der Waals surface area (Å²) in [6.45, 7) is 0. The molecule has 0 aliphatic carbocycles. The number of rotatable bonds is 2. The van der Waals surface area contributed by atoms with Gasteiger partial charge in [-0.2, -0.15) is 0 Å². The minimum atomic E-state index is -1.14. The molecule has 0 radical (unpaired) electrons. The van der Waals surface area contributed by atoms with Crippen molar-refractivity contribution >= 4 is 23.7 Å². The Balaban J connectivity index is 2.83. The van der Waals surface area contributed by atoms with Crippen LogP contribution in [0.25, 0.3) is 0 Å². The summed E-state index contributed by atoms with van der Waals surface area (Å²) in [5.41, 5.74) is 0. The van der Waals surface area contributed by atoms with Crippen LogP contribution in [0.5, 0.6) is 0 Å². The topological polar surface area (TPSA) is 26.3 Å². The zero-order valence-corrected chi connectivity index (χ0v) is 5.09. The third-order valence-electron chi connectivity index (χ3n) is 0.219. The largest absolute Gasteiger partial charge is 0.280 e. The highest BCUT2D eigenvalue weighted by atomic mass is 32.2. The van der Waals surface area contributed by atoms with Crippen molar-refractivity contribution in [3.63, 3.8) is 0 Å². The van der Waals surface area contributed by atoms with Crippen molar-refractivity contribution < 1.29 is 8.39 Å². The van der Waals surface area contributed by atoms with E-state index < -0.39 is 11.1 Å². The summed E-state index contributed by atoms with van der Waals surface area (Å²) in [7, 11) is 0. The van der Waals surface area contributed by atoms with Crippen LogP contribution in [0.15, 0.2) is 0 Å². The summed E-state index contributed by atoms with van der Waals surface area (Å²) in [4.78, 5) is 0. The van der Waals surface area contributed by atoms with Gasteiger partial charge in [-0.3, -0.25) is 4.18 Å². The molecule has 0 saturated carbocycles. The summed E-state index contributed by atoms with van der Waals surface area (Å²) < 4.78 is 14.3. The minimum absolute atomic E-state index is 0.225. The van der Waals surface area contributed by atoms with Crippen molar-refractivity contribution in [2.75, 3.05) is 12.2 Å². The lowest BCUT2D eigenvalue weighted by Gasteiger charge is -1.86. The van der Waals surface area contributed by atoms with Crippen LogP contribution in [-0.4, -0.2) is 16.4 Å². The van der Waals surface area contributed by atoms with Gasteiger partial charge in [-0.15, -0.1) is 12.6 Å². The molecule has 6 heavy (non-hydrogen) atoms. The quantitative estimate of drug-likeness (QED) is 0.422. The Bertz CT molecular complexity index is 53.5. The SMILES string of the molecule is CS(=O)OCS. The summed E-state index contributed by atoms with van der Waals surface area (Å²) in [5.74, 6) is 0.225. The second-order valence-corrected chi connectivity index (χ2v) is 1.94. The van der Waals surface area contributed by atoms with Gasteiger partial charge in [0.05, 0.1) is 0 Å². The van der Waals surface area contributed by atoms with Gasteiger partial charge in [-0.1, -0.05) is 0 Å². The Morgan fingerprint density at radius 2 is 2.50 bits per heavy atom. The Kier molecular flexibility index (Phi) is 3.92. The second kappa shape index (κ2) is 3.64. The Labute approximate surface area is 45.0 Å². The molecule has 0 spiro atoms. The number of thiol groups is 1. The Morgan fingerprint density at radius 1 is 2.00 bits per heavy atom. The molecule has 0 heterocycles. The monoisotopic (exact) mass is 126 g/mol. The molecular weight excluding hydrogens is 120 g/mol. The fourth-order valence-corrected chi connectivity index (χ4v) is 0.668. The van der Waals surface area contributed by atoms with Gasteiger partial charge < -0.3 is 0 Å². The highest BCUT2D eigenvalue weighted by Gasteiger charge is 1.79. The zero-order valence-electron chi connectivity index (χ0n) is 3.38. The summed E-state index contributed by atoms with van der Waals surface area (Å²) in [5, 5.41) is 0. The van der Waals surface area contributed by atoms with Crippen LogP contribution in [-0.2, 0) is 15.3 Å². The molecular formula is C2H6O2S2. The molecule has 0 N–H and O–H groups in total. The third kappa shape index (κ3) is 4.46. The molecule has 0 aromatic heterocycles. The average Bonchev–Trinajstić information content (AvgIpc) is 1.35. The predicted molar refractivity (Wildman–Crippen MR) is 29.0 cm³/mol. The molecule has 2 nitrogen and oxygen atoms in total. The van der Waals surface area contributed by atoms with Crippen LogP contribution in [0, 0.1) is 0 Å². The molecule has 0 aliphatic heterocycles. The van der Waals surface area contributed by atoms with Crippen molar-refractivity contribution in [1.82, 2.24) is 0 Å². The molecule has 1 atom stereocenters. The highest BCUT2D eigenvalue weighted by molar-refractivity contribution is 7.82. The van der Waals surface area contributed by atoms with Crippen molar-refractivity contribution in [2.24, 2.45) is 0 Å². The molecule has 0 rings (SSSR count). The van der Waals surface area contributed by atoms with E-state index in [-0.39, 0.29) is 5.94 Å². The highest BCUT2D eigenvalue weighted by Crippen LogP contribution is 1.79. The van der Waals surface area contributed by atoms with Crippen LogP contribution in [0.4, 0.5) is 0 Å². The van der Waals surface area contributed by atoms with Gasteiger partial charge in [0, 0.05) is 6.26 Å².